The van der Waals surface area contributed by atoms with Crippen LogP contribution in [0, 0.1) is 0 Å². The molecule has 1 amide bonds. The third-order valence-electron chi connectivity index (χ3n) is 1.77. The van der Waals surface area contributed by atoms with Gasteiger partial charge in [-0.25, -0.2) is 0 Å². The lowest BCUT2D eigenvalue weighted by Gasteiger charge is -2.05. The second-order valence-corrected chi connectivity index (χ2v) is 4.80. The van der Waals surface area contributed by atoms with Gasteiger partial charge in [0.2, 0.25) is 0 Å². The van der Waals surface area contributed by atoms with Crippen LogP contribution in [0.2, 0.25) is 5.02 Å². The lowest BCUT2D eigenvalue weighted by atomic mass is 10.3. The van der Waals surface area contributed by atoms with Gasteiger partial charge < -0.3 is 5.32 Å². The number of benzene rings is 1. The van der Waals surface area contributed by atoms with E-state index in [-0.39, 0.29) is 11.6 Å². The Labute approximate surface area is 109 Å². The number of rotatable bonds is 2. The van der Waals surface area contributed by atoms with Gasteiger partial charge in [-0.05, 0) is 29.7 Å². The van der Waals surface area contributed by atoms with Crippen LogP contribution in [0.5, 0.6) is 0 Å². The van der Waals surface area contributed by atoms with Crippen molar-refractivity contribution in [3.8, 4) is 0 Å². The molecule has 0 atom stereocenters. The number of nitrogens with one attached hydrogen (secondary N) is 1. The number of halogens is 2. The standard InChI is InChI=1S/C9H5BrClN3OS/c10-5-1-2-6(11)7(3-5)12-9(15)8-4-16-14-13-8/h1-4H,(H,12,15). The normalized spacial score (nSPS) is 10.1. The van der Waals surface area contributed by atoms with Crippen LogP contribution in [0.4, 0.5) is 5.69 Å². The summed E-state index contributed by atoms with van der Waals surface area (Å²) >= 11 is 10.4. The lowest BCUT2D eigenvalue weighted by Crippen LogP contribution is -2.12. The zero-order valence-corrected chi connectivity index (χ0v) is 10.9. The van der Waals surface area contributed by atoms with Gasteiger partial charge in [0, 0.05) is 9.85 Å². The Bertz CT molecular complexity index is 517. The molecule has 0 saturated carbocycles. The average Bonchev–Trinajstić information content (AvgIpc) is 2.76. The topological polar surface area (TPSA) is 54.9 Å². The van der Waals surface area contributed by atoms with E-state index in [0.29, 0.717) is 10.7 Å². The maximum Gasteiger partial charge on any atom is 0.277 e. The molecule has 0 unspecified atom stereocenters. The van der Waals surface area contributed by atoms with E-state index in [1.807, 2.05) is 0 Å². The first-order chi connectivity index (χ1) is 7.66. The van der Waals surface area contributed by atoms with Crippen molar-refractivity contribution < 1.29 is 4.79 Å². The molecule has 0 aliphatic carbocycles. The Hall–Kier alpha value is -0.980. The molecule has 1 N–H and O–H groups in total. The number of hydrogen-bond donors (Lipinski definition) is 1. The van der Waals surface area contributed by atoms with Gasteiger partial charge in [0.05, 0.1) is 10.7 Å². The largest absolute Gasteiger partial charge is 0.319 e. The molecule has 7 heteroatoms. The molecule has 4 nitrogen and oxygen atoms in total. The Morgan fingerprint density at radius 2 is 2.31 bits per heavy atom. The molecule has 1 heterocycles. The number of amides is 1. The Morgan fingerprint density at radius 3 is 3.00 bits per heavy atom. The molecule has 0 spiro atoms. The average molecular weight is 319 g/mol. The summed E-state index contributed by atoms with van der Waals surface area (Å²) in [5.41, 5.74) is 0.815. The monoisotopic (exact) mass is 317 g/mol. The van der Waals surface area contributed by atoms with E-state index in [9.17, 15) is 4.79 Å². The molecule has 0 radical (unpaired) electrons. The summed E-state index contributed by atoms with van der Waals surface area (Å²) in [7, 11) is 0. The van der Waals surface area contributed by atoms with Gasteiger partial charge >= 0.3 is 0 Å². The second-order valence-electron chi connectivity index (χ2n) is 2.87. The van der Waals surface area contributed by atoms with Crippen molar-refractivity contribution in [3.63, 3.8) is 0 Å². The second kappa shape index (κ2) is 4.90. The lowest BCUT2D eigenvalue weighted by molar-refractivity contribution is 0.102. The van der Waals surface area contributed by atoms with Gasteiger partial charge in [-0.2, -0.15) is 0 Å². The van der Waals surface area contributed by atoms with Gasteiger partial charge in [0.25, 0.3) is 5.91 Å². The van der Waals surface area contributed by atoms with Crippen molar-refractivity contribution in [2.45, 2.75) is 0 Å². The first-order valence-electron chi connectivity index (χ1n) is 4.20. The molecule has 16 heavy (non-hydrogen) atoms. The number of anilines is 1. The molecule has 0 aliphatic heterocycles. The van der Waals surface area contributed by atoms with Crippen molar-refractivity contribution >= 4 is 50.7 Å². The Balaban J connectivity index is 2.21. The molecule has 2 rings (SSSR count). The van der Waals surface area contributed by atoms with Gasteiger partial charge in [-0.1, -0.05) is 32.0 Å². The molecule has 1 aromatic carbocycles. The van der Waals surface area contributed by atoms with Gasteiger partial charge in [-0.15, -0.1) is 5.10 Å². The van der Waals surface area contributed by atoms with Crippen LogP contribution in [0.15, 0.2) is 28.1 Å². The quantitative estimate of drug-likeness (QED) is 0.925. The summed E-state index contributed by atoms with van der Waals surface area (Å²) in [6.07, 6.45) is 0. The van der Waals surface area contributed by atoms with E-state index in [0.717, 1.165) is 16.0 Å². The highest BCUT2D eigenvalue weighted by atomic mass is 79.9. The summed E-state index contributed by atoms with van der Waals surface area (Å²) in [4.78, 5) is 11.7. The van der Waals surface area contributed by atoms with Gasteiger partial charge in [0.15, 0.2) is 5.69 Å². The zero-order valence-electron chi connectivity index (χ0n) is 7.78. The van der Waals surface area contributed by atoms with Crippen molar-refractivity contribution in [3.05, 3.63) is 38.8 Å². The summed E-state index contributed by atoms with van der Waals surface area (Å²) in [6, 6.07) is 5.21. The highest BCUT2D eigenvalue weighted by Crippen LogP contribution is 2.25. The smallest absolute Gasteiger partial charge is 0.277 e. The van der Waals surface area contributed by atoms with Gasteiger partial charge in [-0.3, -0.25) is 4.79 Å². The molecule has 82 valence electrons. The minimum Gasteiger partial charge on any atom is -0.319 e. The SMILES string of the molecule is O=C(Nc1cc(Br)ccc1Cl)c1csnn1. The predicted octanol–water partition coefficient (Wildman–Crippen LogP) is 3.21. The highest BCUT2D eigenvalue weighted by Gasteiger charge is 2.11. The molecule has 0 aliphatic rings. The third kappa shape index (κ3) is 2.58. The fraction of sp³-hybridized carbons (Fsp3) is 0. The zero-order chi connectivity index (χ0) is 11.5. The van der Waals surface area contributed by atoms with Crippen molar-refractivity contribution in [1.82, 2.24) is 9.59 Å². The molecular weight excluding hydrogens is 314 g/mol. The maximum atomic E-state index is 11.7. The van der Waals surface area contributed by atoms with Gasteiger partial charge in [0.1, 0.15) is 0 Å². The van der Waals surface area contributed by atoms with Crippen LogP contribution >= 0.6 is 39.1 Å². The molecule has 0 fully saturated rings. The summed E-state index contributed by atoms with van der Waals surface area (Å²) in [5, 5.41) is 8.37. The van der Waals surface area contributed by atoms with E-state index in [1.165, 1.54) is 0 Å². The van der Waals surface area contributed by atoms with Crippen LogP contribution in [-0.4, -0.2) is 15.5 Å². The van der Waals surface area contributed by atoms with Crippen LogP contribution in [0.3, 0.4) is 0 Å². The number of aromatic nitrogens is 2. The van der Waals surface area contributed by atoms with Crippen molar-refractivity contribution in [1.29, 1.82) is 0 Å². The predicted molar refractivity (Wildman–Crippen MR) is 67.0 cm³/mol. The molecule has 0 saturated heterocycles. The van der Waals surface area contributed by atoms with Crippen molar-refractivity contribution in [2.24, 2.45) is 0 Å². The fourth-order valence-electron chi connectivity index (χ4n) is 1.04. The number of carbonyl (C=O) groups is 1. The van der Waals surface area contributed by atoms with E-state index in [1.54, 1.807) is 23.6 Å². The third-order valence-corrected chi connectivity index (χ3v) is 3.10. The number of nitrogens with zero attached hydrogens (tertiary/aromatic N) is 2. The first kappa shape index (κ1) is 11.5. The van der Waals surface area contributed by atoms with Crippen molar-refractivity contribution in [2.75, 3.05) is 5.32 Å². The molecule has 1 aromatic heterocycles. The Morgan fingerprint density at radius 1 is 1.50 bits per heavy atom. The van der Waals surface area contributed by atoms with E-state index in [2.05, 4.69) is 30.8 Å². The van der Waals surface area contributed by atoms with E-state index in [4.69, 9.17) is 11.6 Å². The minimum atomic E-state index is -0.325. The molecule has 0 bridgehead atoms. The summed E-state index contributed by atoms with van der Waals surface area (Å²) < 4.78 is 4.45. The molecule has 2 aromatic rings. The number of hydrogen-bond acceptors (Lipinski definition) is 4. The highest BCUT2D eigenvalue weighted by molar-refractivity contribution is 9.10. The number of carbonyl (C=O) groups excluding carboxylic acids is 1. The summed E-state index contributed by atoms with van der Waals surface area (Å²) in [6.45, 7) is 0. The van der Waals surface area contributed by atoms with E-state index < -0.39 is 0 Å². The first-order valence-corrected chi connectivity index (χ1v) is 6.21. The van der Waals surface area contributed by atoms with Crippen LogP contribution in [0.1, 0.15) is 10.5 Å². The molecular formula is C9H5BrClN3OS. The van der Waals surface area contributed by atoms with Crippen LogP contribution in [0.25, 0.3) is 0 Å². The maximum absolute atomic E-state index is 11.7. The Kier molecular flexibility index (Phi) is 3.52. The van der Waals surface area contributed by atoms with Crippen LogP contribution < -0.4 is 5.32 Å². The summed E-state index contributed by atoms with van der Waals surface area (Å²) in [5.74, 6) is -0.325. The van der Waals surface area contributed by atoms with E-state index >= 15 is 0 Å². The fourth-order valence-corrected chi connectivity index (χ4v) is 2.01. The van der Waals surface area contributed by atoms with Crippen LogP contribution in [-0.2, 0) is 0 Å². The minimum absolute atomic E-state index is 0.279.